The van der Waals surface area contributed by atoms with E-state index in [1.807, 2.05) is 49.9 Å². The minimum absolute atomic E-state index is 0.00467. The fraction of sp³-hybridized carbons (Fsp3) is 0.500. The van der Waals surface area contributed by atoms with Crippen LogP contribution in [0.2, 0.25) is 0 Å². The highest BCUT2D eigenvalue weighted by molar-refractivity contribution is 5.87. The van der Waals surface area contributed by atoms with Crippen LogP contribution in [0.15, 0.2) is 48.8 Å². The lowest BCUT2D eigenvalue weighted by Gasteiger charge is -2.32. The zero-order valence-corrected chi connectivity index (χ0v) is 34.1. The van der Waals surface area contributed by atoms with Crippen LogP contribution in [0.25, 0.3) is 33.6 Å². The Morgan fingerprint density at radius 1 is 0.724 bits per heavy atom. The van der Waals surface area contributed by atoms with Crippen molar-refractivity contribution in [1.29, 1.82) is 0 Å². The summed E-state index contributed by atoms with van der Waals surface area (Å²) in [5.41, 5.74) is 9.30. The molecule has 1 saturated carbocycles. The number of aromatic nitrogens is 4. The number of nitrogens with one attached hydrogen (secondary N) is 4. The lowest BCUT2D eigenvalue weighted by Crippen LogP contribution is -2.52. The van der Waals surface area contributed by atoms with Crippen LogP contribution >= 0.6 is 0 Å². The van der Waals surface area contributed by atoms with E-state index in [0.717, 1.165) is 66.3 Å². The van der Waals surface area contributed by atoms with Gasteiger partial charge in [0.1, 0.15) is 24.2 Å². The van der Waals surface area contributed by atoms with Gasteiger partial charge >= 0.3 is 12.2 Å². The molecule has 58 heavy (non-hydrogen) atoms. The number of methoxy groups -OCH3 is 2. The molecule has 14 heteroatoms. The van der Waals surface area contributed by atoms with Gasteiger partial charge in [-0.15, -0.1) is 0 Å². The van der Waals surface area contributed by atoms with Gasteiger partial charge in [0.25, 0.3) is 0 Å². The standard InChI is InChI=1S/C44H54N8O6/c1-23(2)39(50-44(56)58-6)42(54)52-25(4)8-18-35(52)41-45-20-32(48-41)27-11-9-26(10-12-27)30-15-16-31(38-29-14-13-28(19-29)37(30)38)33-21-46-40(49-33)34-17-7-24(3)51(34)36(53)22-47-43(55)57-5/h9-12,15-16,20-21,23-25,28-29,34-35,39H,7-8,13-14,17-19,22H2,1-6H3,(H,45,48)(H,46,49)(H,47,55)(H,50,56)/t24-,25-,28?,29?,34-,35-,39?/m0/s1. The fourth-order valence-corrected chi connectivity index (χ4v) is 10.1. The van der Waals surface area contributed by atoms with Crippen LogP contribution in [0.4, 0.5) is 9.59 Å². The van der Waals surface area contributed by atoms with Gasteiger partial charge in [0.15, 0.2) is 0 Å². The first-order valence-electron chi connectivity index (χ1n) is 20.6. The van der Waals surface area contributed by atoms with Crippen molar-refractivity contribution in [2.75, 3.05) is 20.8 Å². The van der Waals surface area contributed by atoms with Crippen molar-refractivity contribution in [2.24, 2.45) is 5.92 Å². The molecule has 2 aromatic heterocycles. The monoisotopic (exact) mass is 790 g/mol. The number of alkyl carbamates (subject to hydrolysis) is 2. The van der Waals surface area contributed by atoms with Gasteiger partial charge in [-0.2, -0.15) is 0 Å². The number of H-pyrrole nitrogens is 2. The van der Waals surface area contributed by atoms with E-state index in [1.165, 1.54) is 49.3 Å². The minimum atomic E-state index is -0.701. The summed E-state index contributed by atoms with van der Waals surface area (Å²) in [7, 11) is 2.58. The number of hydrogen-bond donors (Lipinski definition) is 4. The van der Waals surface area contributed by atoms with Gasteiger partial charge in [0.05, 0.1) is 50.1 Å². The Labute approximate surface area is 338 Å². The number of aromatic amines is 2. The van der Waals surface area contributed by atoms with E-state index < -0.39 is 18.2 Å². The van der Waals surface area contributed by atoms with Gasteiger partial charge in [-0.25, -0.2) is 19.6 Å². The van der Waals surface area contributed by atoms with Crippen LogP contribution in [0.3, 0.4) is 0 Å². The highest BCUT2D eigenvalue weighted by Crippen LogP contribution is 2.58. The highest BCUT2D eigenvalue weighted by atomic mass is 16.5. The summed E-state index contributed by atoms with van der Waals surface area (Å²) < 4.78 is 9.46. The zero-order chi connectivity index (χ0) is 40.8. The number of benzene rings is 2. The van der Waals surface area contributed by atoms with Crippen molar-refractivity contribution in [3.8, 4) is 33.6 Å². The molecule has 2 aliphatic carbocycles. The molecule has 4 amide bonds. The van der Waals surface area contributed by atoms with Crippen molar-refractivity contribution >= 4 is 24.0 Å². The molecular formula is C44H54N8O6. The highest BCUT2D eigenvalue weighted by Gasteiger charge is 2.43. The largest absolute Gasteiger partial charge is 0.453 e. The van der Waals surface area contributed by atoms with E-state index in [0.29, 0.717) is 11.8 Å². The van der Waals surface area contributed by atoms with Gasteiger partial charge in [-0.05, 0) is 104 Å². The lowest BCUT2D eigenvalue weighted by atomic mass is 9.82. The van der Waals surface area contributed by atoms with Crippen molar-refractivity contribution in [3.05, 3.63) is 71.6 Å². The number of carbonyl (C=O) groups excluding carboxylic acids is 4. The molecule has 4 aromatic rings. The Balaban J connectivity index is 1.02. The predicted octanol–water partition coefficient (Wildman–Crippen LogP) is 7.34. The normalized spacial score (nSPS) is 23.9. The topological polar surface area (TPSA) is 175 Å². The van der Waals surface area contributed by atoms with Crippen LogP contribution in [0.1, 0.15) is 119 Å². The van der Waals surface area contributed by atoms with Gasteiger partial charge in [0.2, 0.25) is 11.8 Å². The maximum absolute atomic E-state index is 13.8. The minimum Gasteiger partial charge on any atom is -0.453 e. The van der Waals surface area contributed by atoms with Crippen LogP contribution in [-0.2, 0) is 19.1 Å². The van der Waals surface area contributed by atoms with Crippen molar-refractivity contribution in [3.63, 3.8) is 0 Å². The van der Waals surface area contributed by atoms with E-state index >= 15 is 0 Å². The van der Waals surface area contributed by atoms with Gasteiger partial charge in [-0.1, -0.05) is 50.2 Å². The summed E-state index contributed by atoms with van der Waals surface area (Å²) >= 11 is 0. The number of likely N-dealkylation sites (tertiary alicyclic amines) is 2. The van der Waals surface area contributed by atoms with Gasteiger partial charge in [-0.3, -0.25) is 9.59 Å². The van der Waals surface area contributed by atoms with E-state index in [9.17, 15) is 19.2 Å². The molecule has 4 heterocycles. The Hall–Kier alpha value is -5.66. The number of fused-ring (bicyclic) bond motifs is 5. The van der Waals surface area contributed by atoms with Crippen LogP contribution in [-0.4, -0.2) is 92.6 Å². The third kappa shape index (κ3) is 7.10. The van der Waals surface area contributed by atoms with E-state index in [2.05, 4.69) is 61.7 Å². The predicted molar refractivity (Wildman–Crippen MR) is 218 cm³/mol. The second kappa shape index (κ2) is 15.9. The number of carbonyl (C=O) groups is 4. The summed E-state index contributed by atoms with van der Waals surface area (Å²) in [5.74, 6) is 2.10. The molecule has 8 rings (SSSR count). The third-order valence-electron chi connectivity index (χ3n) is 13.0. The van der Waals surface area contributed by atoms with Crippen LogP contribution < -0.4 is 10.6 Å². The molecule has 2 aromatic carbocycles. The third-order valence-corrected chi connectivity index (χ3v) is 13.0. The number of nitrogens with zero attached hydrogens (tertiary/aromatic N) is 4. The van der Waals surface area contributed by atoms with Crippen molar-refractivity contribution < 1.29 is 28.7 Å². The maximum Gasteiger partial charge on any atom is 0.407 e. The van der Waals surface area contributed by atoms with E-state index in [1.54, 1.807) is 0 Å². The smallest absolute Gasteiger partial charge is 0.407 e. The zero-order valence-electron chi connectivity index (χ0n) is 34.1. The summed E-state index contributed by atoms with van der Waals surface area (Å²) in [6.07, 6.45) is 9.28. The molecule has 14 nitrogen and oxygen atoms in total. The number of hydrogen-bond acceptors (Lipinski definition) is 8. The molecule has 4 aliphatic rings. The Morgan fingerprint density at radius 3 is 1.91 bits per heavy atom. The van der Waals surface area contributed by atoms with Gasteiger partial charge in [0, 0.05) is 17.6 Å². The van der Waals surface area contributed by atoms with Gasteiger partial charge < -0.3 is 39.9 Å². The lowest BCUT2D eigenvalue weighted by molar-refractivity contribution is -0.137. The molecule has 306 valence electrons. The molecule has 4 N–H and O–H groups in total. The second-order valence-corrected chi connectivity index (χ2v) is 16.8. The average molecular weight is 791 g/mol. The van der Waals surface area contributed by atoms with Crippen LogP contribution in [0.5, 0.6) is 0 Å². The summed E-state index contributed by atoms with van der Waals surface area (Å²) in [6, 6.07) is 12.0. The SMILES string of the molecule is COC(=O)NCC(=O)N1[C@@H](C)CC[C@H]1c1ncc(-c2ccc(-c3ccc(-c4cnc([C@@H]5CC[C@H](C)N5C(=O)C(NC(=O)OC)C(C)C)[nH]4)cc3)c3c2C2CCC3C2)[nH]1. The molecule has 3 unspecified atom stereocenters. The molecule has 2 aliphatic heterocycles. The molecule has 0 radical (unpaired) electrons. The maximum atomic E-state index is 13.8. The summed E-state index contributed by atoms with van der Waals surface area (Å²) in [6.45, 7) is 7.78. The first-order chi connectivity index (χ1) is 28.0. The summed E-state index contributed by atoms with van der Waals surface area (Å²) in [5, 5.41) is 5.26. The molecule has 2 saturated heterocycles. The Kier molecular flexibility index (Phi) is 10.8. The van der Waals surface area contributed by atoms with Crippen molar-refractivity contribution in [2.45, 2.75) is 115 Å². The first kappa shape index (κ1) is 39.2. The number of amides is 4. The van der Waals surface area contributed by atoms with Crippen molar-refractivity contribution in [1.82, 2.24) is 40.4 Å². The number of imidazole rings is 2. The number of ether oxygens (including phenoxy) is 2. The average Bonchev–Trinajstić information content (AvgIpc) is 4.10. The quantitative estimate of drug-likeness (QED) is 0.129. The summed E-state index contributed by atoms with van der Waals surface area (Å²) in [4.78, 5) is 71.2. The second-order valence-electron chi connectivity index (χ2n) is 16.8. The molecule has 0 spiro atoms. The molecule has 7 atom stereocenters. The van der Waals surface area contributed by atoms with Crippen LogP contribution in [0, 0.1) is 5.92 Å². The Bertz CT molecular complexity index is 2190. The van der Waals surface area contributed by atoms with E-state index in [-0.39, 0.29) is 48.4 Å². The Morgan fingerprint density at radius 2 is 1.28 bits per heavy atom. The first-order valence-corrected chi connectivity index (χ1v) is 20.6. The fourth-order valence-electron chi connectivity index (χ4n) is 10.1. The number of rotatable bonds is 10. The van der Waals surface area contributed by atoms with E-state index in [4.69, 9.17) is 14.7 Å². The molecule has 3 fully saturated rings. The molecular weight excluding hydrogens is 737 g/mol. The molecule has 2 bridgehead atoms.